The average Bonchev–Trinajstić information content (AvgIpc) is 3.15. The van der Waals surface area contributed by atoms with E-state index in [9.17, 15) is 22.8 Å². The molecule has 172 valence electrons. The zero-order valence-electron chi connectivity index (χ0n) is 16.9. The highest BCUT2D eigenvalue weighted by Gasteiger charge is 2.27. The Kier molecular flexibility index (Phi) is 8.44. The van der Waals surface area contributed by atoms with Gasteiger partial charge in [-0.15, -0.1) is 12.4 Å². The molecule has 3 amide bonds. The third kappa shape index (κ3) is 6.59. The summed E-state index contributed by atoms with van der Waals surface area (Å²) in [6, 6.07) is 8.92. The number of fused-ring (bicyclic) bond motifs is 1. The van der Waals surface area contributed by atoms with E-state index in [1.807, 2.05) is 0 Å². The summed E-state index contributed by atoms with van der Waals surface area (Å²) < 4.78 is 43.3. The van der Waals surface area contributed by atoms with Gasteiger partial charge in [0.15, 0.2) is 0 Å². The first-order valence-electron chi connectivity index (χ1n) is 9.23. The molecule has 0 atom stereocenters. The number of aromatic nitrogens is 2. The van der Waals surface area contributed by atoms with Crippen molar-refractivity contribution in [1.82, 2.24) is 20.0 Å². The van der Waals surface area contributed by atoms with Crippen LogP contribution in [-0.2, 0) is 4.74 Å². The van der Waals surface area contributed by atoms with Crippen molar-refractivity contribution in [2.24, 2.45) is 0 Å². The van der Waals surface area contributed by atoms with Crippen molar-refractivity contribution in [3.8, 4) is 11.3 Å². The molecule has 8 nitrogen and oxygen atoms in total. The Morgan fingerprint density at radius 2 is 1.94 bits per heavy atom. The Labute approximate surface area is 187 Å². The number of pyridine rings is 1. The number of anilines is 1. The van der Waals surface area contributed by atoms with Gasteiger partial charge in [0.25, 0.3) is 5.91 Å². The lowest BCUT2D eigenvalue weighted by Crippen LogP contribution is -2.36. The van der Waals surface area contributed by atoms with Gasteiger partial charge in [-0.1, -0.05) is 12.1 Å². The summed E-state index contributed by atoms with van der Waals surface area (Å²) >= 11 is 0. The van der Waals surface area contributed by atoms with Gasteiger partial charge >= 0.3 is 12.2 Å². The van der Waals surface area contributed by atoms with Crippen LogP contribution in [0.1, 0.15) is 10.4 Å². The molecule has 12 heteroatoms. The van der Waals surface area contributed by atoms with Crippen LogP contribution in [0.5, 0.6) is 0 Å². The molecule has 32 heavy (non-hydrogen) atoms. The molecule has 1 aromatic carbocycles. The number of hydrogen-bond donors (Lipinski definition) is 3. The van der Waals surface area contributed by atoms with Gasteiger partial charge in [-0.2, -0.15) is 13.2 Å². The summed E-state index contributed by atoms with van der Waals surface area (Å²) in [6.07, 6.45) is -1.20. The molecular formula is C20H21ClF3N5O3. The molecule has 0 unspecified atom stereocenters. The largest absolute Gasteiger partial charge is 0.405 e. The van der Waals surface area contributed by atoms with E-state index in [4.69, 9.17) is 4.74 Å². The van der Waals surface area contributed by atoms with Crippen LogP contribution in [0, 0.1) is 0 Å². The minimum absolute atomic E-state index is 0. The van der Waals surface area contributed by atoms with E-state index in [1.54, 1.807) is 65.6 Å². The van der Waals surface area contributed by atoms with Gasteiger partial charge in [0.05, 0.1) is 18.5 Å². The minimum Gasteiger partial charge on any atom is -0.383 e. The number of imidazole rings is 1. The number of rotatable bonds is 7. The number of methoxy groups -OCH3 is 1. The number of carbonyl (C=O) groups excluding carboxylic acids is 2. The summed E-state index contributed by atoms with van der Waals surface area (Å²) in [6.45, 7) is -0.635. The van der Waals surface area contributed by atoms with Crippen LogP contribution in [0.2, 0.25) is 0 Å². The molecule has 0 saturated heterocycles. The van der Waals surface area contributed by atoms with Crippen LogP contribution in [-0.4, -0.2) is 54.3 Å². The SMILES string of the molecule is COCCNC(=O)c1ccn2c(-c3cccc(NC(=O)NCC(F)(F)F)c3)cnc2c1.Cl. The number of nitrogens with one attached hydrogen (secondary N) is 3. The molecule has 2 heterocycles. The molecule has 0 spiro atoms. The molecule has 0 aliphatic rings. The van der Waals surface area contributed by atoms with E-state index in [0.717, 1.165) is 0 Å². The number of halogens is 4. The Morgan fingerprint density at radius 3 is 2.66 bits per heavy atom. The highest BCUT2D eigenvalue weighted by atomic mass is 35.5. The second-order valence-electron chi connectivity index (χ2n) is 6.54. The molecule has 3 aromatic rings. The lowest BCUT2D eigenvalue weighted by Gasteiger charge is -2.11. The summed E-state index contributed by atoms with van der Waals surface area (Å²) in [5.41, 5.74) is 2.66. The van der Waals surface area contributed by atoms with Crippen molar-refractivity contribution in [2.75, 3.05) is 32.1 Å². The summed E-state index contributed by atoms with van der Waals surface area (Å²) in [4.78, 5) is 28.2. The van der Waals surface area contributed by atoms with E-state index in [-0.39, 0.29) is 18.3 Å². The van der Waals surface area contributed by atoms with Crippen LogP contribution < -0.4 is 16.0 Å². The quantitative estimate of drug-likeness (QED) is 0.460. The second-order valence-corrected chi connectivity index (χ2v) is 6.54. The Balaban J connectivity index is 0.00000363. The smallest absolute Gasteiger partial charge is 0.383 e. The summed E-state index contributed by atoms with van der Waals surface area (Å²) in [5, 5.41) is 6.85. The fourth-order valence-corrected chi connectivity index (χ4v) is 2.82. The van der Waals surface area contributed by atoms with E-state index in [2.05, 4.69) is 15.6 Å². The Morgan fingerprint density at radius 1 is 1.16 bits per heavy atom. The zero-order valence-corrected chi connectivity index (χ0v) is 17.7. The number of ether oxygens (including phenoxy) is 1. The Bertz CT molecular complexity index is 1090. The molecule has 0 radical (unpaired) electrons. The van der Waals surface area contributed by atoms with Crippen molar-refractivity contribution in [3.63, 3.8) is 0 Å². The predicted molar refractivity (Wildman–Crippen MR) is 115 cm³/mol. The van der Waals surface area contributed by atoms with E-state index >= 15 is 0 Å². The number of benzene rings is 1. The molecule has 0 aliphatic heterocycles. The molecule has 0 aliphatic carbocycles. The van der Waals surface area contributed by atoms with Crippen LogP contribution in [0.15, 0.2) is 48.8 Å². The van der Waals surface area contributed by atoms with Crippen molar-refractivity contribution >= 4 is 35.7 Å². The molecular weight excluding hydrogens is 451 g/mol. The van der Waals surface area contributed by atoms with Crippen LogP contribution in [0.25, 0.3) is 16.9 Å². The maximum absolute atomic E-state index is 12.2. The topological polar surface area (TPSA) is 96.8 Å². The molecule has 0 saturated carbocycles. The molecule has 3 N–H and O–H groups in total. The van der Waals surface area contributed by atoms with Crippen molar-refractivity contribution in [3.05, 3.63) is 54.4 Å². The average molecular weight is 472 g/mol. The first-order valence-corrected chi connectivity index (χ1v) is 9.23. The van der Waals surface area contributed by atoms with Gasteiger partial charge in [-0.3, -0.25) is 9.20 Å². The van der Waals surface area contributed by atoms with Crippen molar-refractivity contribution < 1.29 is 27.5 Å². The van der Waals surface area contributed by atoms with Crippen LogP contribution >= 0.6 is 12.4 Å². The lowest BCUT2D eigenvalue weighted by atomic mass is 10.1. The predicted octanol–water partition coefficient (Wildman–Crippen LogP) is 3.48. The maximum atomic E-state index is 12.2. The number of amides is 3. The van der Waals surface area contributed by atoms with Gasteiger partial charge in [0.2, 0.25) is 0 Å². The van der Waals surface area contributed by atoms with Gasteiger partial charge in [-0.25, -0.2) is 9.78 Å². The van der Waals surface area contributed by atoms with Crippen LogP contribution in [0.4, 0.5) is 23.7 Å². The van der Waals surface area contributed by atoms with Gasteiger partial charge in [0.1, 0.15) is 12.2 Å². The first-order chi connectivity index (χ1) is 14.8. The third-order valence-electron chi connectivity index (χ3n) is 4.23. The van der Waals surface area contributed by atoms with Gasteiger partial charge in [0, 0.05) is 36.7 Å². The lowest BCUT2D eigenvalue weighted by molar-refractivity contribution is -0.122. The van der Waals surface area contributed by atoms with E-state index < -0.39 is 18.8 Å². The van der Waals surface area contributed by atoms with E-state index in [1.165, 1.54) is 0 Å². The first kappa shape index (κ1) is 25.0. The normalized spacial score (nSPS) is 11.0. The fraction of sp³-hybridized carbons (Fsp3) is 0.250. The number of urea groups is 1. The number of carbonyl (C=O) groups is 2. The maximum Gasteiger partial charge on any atom is 0.405 e. The van der Waals surface area contributed by atoms with Gasteiger partial charge in [-0.05, 0) is 24.3 Å². The monoisotopic (exact) mass is 471 g/mol. The highest BCUT2D eigenvalue weighted by molar-refractivity contribution is 5.95. The fourth-order valence-electron chi connectivity index (χ4n) is 2.82. The number of nitrogens with zero attached hydrogens (tertiary/aromatic N) is 2. The molecule has 0 bridgehead atoms. The minimum atomic E-state index is -4.49. The standard InChI is InChI=1S/C20H20F3N5O3.ClH/c1-31-8-6-24-18(29)14-5-7-28-16(11-25-17(28)10-14)13-3-2-4-15(9-13)27-19(30)26-12-20(21,22)23;/h2-5,7,9-11H,6,8,12H2,1H3,(H,24,29)(H2,26,27,30);1H. The Hall–Kier alpha value is -3.31. The summed E-state index contributed by atoms with van der Waals surface area (Å²) in [7, 11) is 1.55. The van der Waals surface area contributed by atoms with Crippen molar-refractivity contribution in [1.29, 1.82) is 0 Å². The van der Waals surface area contributed by atoms with E-state index in [0.29, 0.717) is 41.3 Å². The van der Waals surface area contributed by atoms with Crippen molar-refractivity contribution in [2.45, 2.75) is 6.18 Å². The zero-order chi connectivity index (χ0) is 22.4. The molecule has 2 aromatic heterocycles. The second kappa shape index (κ2) is 10.8. The van der Waals surface area contributed by atoms with Gasteiger partial charge < -0.3 is 20.7 Å². The number of alkyl halides is 3. The highest BCUT2D eigenvalue weighted by Crippen LogP contribution is 2.24. The molecule has 0 fully saturated rings. The summed E-state index contributed by atoms with van der Waals surface area (Å²) in [5.74, 6) is -0.250. The number of hydrogen-bond acceptors (Lipinski definition) is 4. The van der Waals surface area contributed by atoms with Crippen LogP contribution in [0.3, 0.4) is 0 Å². The molecule has 3 rings (SSSR count). The third-order valence-corrected chi connectivity index (χ3v) is 4.23.